The molecule has 1 atom stereocenters. The monoisotopic (exact) mass is 339 g/mol. The summed E-state index contributed by atoms with van der Waals surface area (Å²) in [5, 5.41) is 9.40. The van der Waals surface area contributed by atoms with Gasteiger partial charge < -0.3 is 10.0 Å². The molecule has 2 aromatic carbocycles. The lowest BCUT2D eigenvalue weighted by molar-refractivity contribution is 0.0970. The molecule has 0 aliphatic rings. The van der Waals surface area contributed by atoms with Crippen LogP contribution in [0.2, 0.25) is 0 Å². The molecule has 3 heteroatoms. The van der Waals surface area contributed by atoms with Crippen LogP contribution in [0.5, 0.6) is 5.75 Å². The second-order valence-electron chi connectivity index (χ2n) is 6.65. The summed E-state index contributed by atoms with van der Waals surface area (Å²) in [7, 11) is 0. The molecule has 0 heterocycles. The number of ketones is 1. The van der Waals surface area contributed by atoms with Crippen molar-refractivity contribution in [2.75, 3.05) is 13.1 Å². The third-order valence-electron chi connectivity index (χ3n) is 4.55. The number of carbonyl (C=O) groups excluding carboxylic acids is 1. The van der Waals surface area contributed by atoms with Crippen molar-refractivity contribution in [2.24, 2.45) is 0 Å². The summed E-state index contributed by atoms with van der Waals surface area (Å²) in [6.45, 7) is 6.40. The molecule has 0 radical (unpaired) electrons. The fraction of sp³-hybridized carbons (Fsp3) is 0.409. The summed E-state index contributed by atoms with van der Waals surface area (Å²) in [4.78, 5) is 14.7. The Bertz CT molecular complexity index is 637. The molecule has 3 nitrogen and oxygen atoms in total. The van der Waals surface area contributed by atoms with Gasteiger partial charge in [-0.3, -0.25) is 4.79 Å². The molecule has 0 saturated heterocycles. The van der Waals surface area contributed by atoms with Crippen molar-refractivity contribution < 1.29 is 9.90 Å². The third-order valence-corrected chi connectivity index (χ3v) is 4.55. The lowest BCUT2D eigenvalue weighted by atomic mass is 10.0. The van der Waals surface area contributed by atoms with Crippen molar-refractivity contribution in [3.63, 3.8) is 0 Å². The number of phenolic OH excluding ortho intramolecular Hbond substituents is 1. The Morgan fingerprint density at radius 2 is 1.72 bits per heavy atom. The van der Waals surface area contributed by atoms with Gasteiger partial charge in [-0.25, -0.2) is 0 Å². The summed E-state index contributed by atoms with van der Waals surface area (Å²) in [5.74, 6) is 0.532. The molecule has 0 fully saturated rings. The van der Waals surface area contributed by atoms with Gasteiger partial charge in [0.15, 0.2) is 5.78 Å². The molecule has 1 N–H and O–H groups in total. The molecule has 25 heavy (non-hydrogen) atoms. The molecular formula is C22H29NO2. The van der Waals surface area contributed by atoms with Gasteiger partial charge in [0.2, 0.25) is 0 Å². The Hall–Kier alpha value is -2.13. The standard InChI is InChI=1S/C22H29NO2/c1-3-15-23(18(2)17-19-11-13-21(24)14-12-19)16-7-10-22(25)20-8-5-4-6-9-20/h4-6,8-9,11-14,18,24H,3,7,10,15-17H2,1-2H3. The summed E-state index contributed by atoms with van der Waals surface area (Å²) >= 11 is 0. The predicted octanol–water partition coefficient (Wildman–Crippen LogP) is 4.70. The van der Waals surface area contributed by atoms with Gasteiger partial charge in [-0.15, -0.1) is 0 Å². The zero-order chi connectivity index (χ0) is 18.1. The molecule has 0 aliphatic carbocycles. The fourth-order valence-corrected chi connectivity index (χ4v) is 3.15. The van der Waals surface area contributed by atoms with Crippen LogP contribution in [0.1, 0.15) is 49.0 Å². The molecule has 0 saturated carbocycles. The van der Waals surface area contributed by atoms with Crippen LogP contribution in [-0.4, -0.2) is 34.9 Å². The van der Waals surface area contributed by atoms with E-state index in [1.54, 1.807) is 12.1 Å². The molecule has 134 valence electrons. The van der Waals surface area contributed by atoms with Crippen molar-refractivity contribution in [1.29, 1.82) is 0 Å². The van der Waals surface area contributed by atoms with Gasteiger partial charge >= 0.3 is 0 Å². The van der Waals surface area contributed by atoms with Gasteiger partial charge in [0.05, 0.1) is 0 Å². The highest BCUT2D eigenvalue weighted by atomic mass is 16.3. The maximum absolute atomic E-state index is 12.2. The van der Waals surface area contributed by atoms with Crippen LogP contribution in [-0.2, 0) is 6.42 Å². The Morgan fingerprint density at radius 1 is 1.04 bits per heavy atom. The Morgan fingerprint density at radius 3 is 2.36 bits per heavy atom. The Labute approximate surface area is 151 Å². The van der Waals surface area contributed by atoms with Gasteiger partial charge in [-0.1, -0.05) is 49.4 Å². The summed E-state index contributed by atoms with van der Waals surface area (Å²) in [6.07, 6.45) is 3.53. The summed E-state index contributed by atoms with van der Waals surface area (Å²) in [5.41, 5.74) is 2.04. The van der Waals surface area contributed by atoms with E-state index in [2.05, 4.69) is 18.7 Å². The van der Waals surface area contributed by atoms with Crippen LogP contribution in [0.25, 0.3) is 0 Å². The van der Waals surface area contributed by atoms with Gasteiger partial charge in [-0.05, 0) is 57.0 Å². The lowest BCUT2D eigenvalue weighted by Gasteiger charge is -2.29. The van der Waals surface area contributed by atoms with E-state index in [1.165, 1.54) is 5.56 Å². The van der Waals surface area contributed by atoms with Crippen molar-refractivity contribution in [2.45, 2.75) is 45.6 Å². The molecule has 0 aliphatic heterocycles. The van der Waals surface area contributed by atoms with E-state index in [0.717, 1.165) is 37.9 Å². The van der Waals surface area contributed by atoms with Gasteiger partial charge in [0.25, 0.3) is 0 Å². The van der Waals surface area contributed by atoms with E-state index in [9.17, 15) is 9.90 Å². The molecule has 0 bridgehead atoms. The molecular weight excluding hydrogens is 310 g/mol. The molecule has 0 spiro atoms. The number of phenols is 1. The first-order valence-electron chi connectivity index (χ1n) is 9.20. The zero-order valence-corrected chi connectivity index (χ0v) is 15.3. The van der Waals surface area contributed by atoms with Gasteiger partial charge in [0, 0.05) is 18.0 Å². The zero-order valence-electron chi connectivity index (χ0n) is 15.3. The van der Waals surface area contributed by atoms with Crippen LogP contribution in [0.4, 0.5) is 0 Å². The first-order valence-corrected chi connectivity index (χ1v) is 9.20. The van der Waals surface area contributed by atoms with Gasteiger partial charge in [0.1, 0.15) is 5.75 Å². The SMILES string of the molecule is CCCN(CCCC(=O)c1ccccc1)C(C)Cc1ccc(O)cc1. The van der Waals surface area contributed by atoms with E-state index in [-0.39, 0.29) is 5.78 Å². The molecule has 0 amide bonds. The minimum Gasteiger partial charge on any atom is -0.508 e. The number of rotatable bonds is 10. The Balaban J connectivity index is 1.84. The number of nitrogens with zero attached hydrogens (tertiary/aromatic N) is 1. The number of carbonyl (C=O) groups is 1. The highest BCUT2D eigenvalue weighted by molar-refractivity contribution is 5.95. The molecule has 0 aromatic heterocycles. The number of Topliss-reactive ketones (excluding diaryl/α,β-unsaturated/α-hetero) is 1. The van der Waals surface area contributed by atoms with E-state index in [4.69, 9.17) is 0 Å². The second kappa shape index (κ2) is 10.00. The minimum atomic E-state index is 0.225. The maximum atomic E-state index is 12.2. The number of hydrogen-bond acceptors (Lipinski definition) is 3. The Kier molecular flexibility index (Phi) is 7.68. The molecule has 2 aromatic rings. The van der Waals surface area contributed by atoms with E-state index in [1.807, 2.05) is 42.5 Å². The topological polar surface area (TPSA) is 40.5 Å². The van der Waals surface area contributed by atoms with Crippen molar-refractivity contribution in [1.82, 2.24) is 4.90 Å². The van der Waals surface area contributed by atoms with Crippen LogP contribution in [0, 0.1) is 0 Å². The number of aromatic hydroxyl groups is 1. The van der Waals surface area contributed by atoms with E-state index < -0.39 is 0 Å². The van der Waals surface area contributed by atoms with E-state index >= 15 is 0 Å². The van der Waals surface area contributed by atoms with Crippen LogP contribution < -0.4 is 0 Å². The van der Waals surface area contributed by atoms with Crippen LogP contribution in [0.15, 0.2) is 54.6 Å². The minimum absolute atomic E-state index is 0.225. The average Bonchev–Trinajstić information content (AvgIpc) is 2.63. The normalized spacial score (nSPS) is 12.3. The number of benzene rings is 2. The average molecular weight is 339 g/mol. The summed E-state index contributed by atoms with van der Waals surface area (Å²) in [6, 6.07) is 17.4. The largest absolute Gasteiger partial charge is 0.508 e. The number of hydrogen-bond donors (Lipinski definition) is 1. The highest BCUT2D eigenvalue weighted by Crippen LogP contribution is 2.15. The lowest BCUT2D eigenvalue weighted by Crippen LogP contribution is -2.36. The van der Waals surface area contributed by atoms with Gasteiger partial charge in [-0.2, -0.15) is 0 Å². The highest BCUT2D eigenvalue weighted by Gasteiger charge is 2.14. The quantitative estimate of drug-likeness (QED) is 0.638. The third kappa shape index (κ3) is 6.35. The van der Waals surface area contributed by atoms with Crippen molar-refractivity contribution >= 4 is 5.78 Å². The van der Waals surface area contributed by atoms with Crippen molar-refractivity contribution in [3.8, 4) is 5.75 Å². The first kappa shape index (κ1) is 19.2. The van der Waals surface area contributed by atoms with Crippen LogP contribution in [0.3, 0.4) is 0 Å². The maximum Gasteiger partial charge on any atom is 0.162 e. The van der Waals surface area contributed by atoms with Crippen LogP contribution >= 0.6 is 0 Å². The first-order chi connectivity index (χ1) is 12.1. The van der Waals surface area contributed by atoms with E-state index in [0.29, 0.717) is 18.2 Å². The smallest absolute Gasteiger partial charge is 0.162 e. The molecule has 1 unspecified atom stereocenters. The van der Waals surface area contributed by atoms with Crippen molar-refractivity contribution in [3.05, 3.63) is 65.7 Å². The summed E-state index contributed by atoms with van der Waals surface area (Å²) < 4.78 is 0. The fourth-order valence-electron chi connectivity index (χ4n) is 3.15. The predicted molar refractivity (Wildman–Crippen MR) is 103 cm³/mol. The molecule has 2 rings (SSSR count). The second-order valence-corrected chi connectivity index (χ2v) is 6.65.